The molecule has 0 bridgehead atoms. The molecule has 1 aliphatic rings. The van der Waals surface area contributed by atoms with Crippen molar-refractivity contribution in [3.05, 3.63) is 22.4 Å². The summed E-state index contributed by atoms with van der Waals surface area (Å²) in [5.74, 6) is 0. The minimum Gasteiger partial charge on any atom is -0.378 e. The molecule has 0 saturated carbocycles. The van der Waals surface area contributed by atoms with Crippen molar-refractivity contribution in [2.75, 3.05) is 13.2 Å². The van der Waals surface area contributed by atoms with Crippen LogP contribution in [0.2, 0.25) is 0 Å². The number of hydrogen-bond acceptors (Lipinski definition) is 3. The van der Waals surface area contributed by atoms with Gasteiger partial charge in [0.15, 0.2) is 0 Å². The van der Waals surface area contributed by atoms with Crippen LogP contribution in [-0.4, -0.2) is 25.3 Å². The van der Waals surface area contributed by atoms with E-state index >= 15 is 0 Å². The van der Waals surface area contributed by atoms with Crippen molar-refractivity contribution in [3.8, 4) is 0 Å². The lowest BCUT2D eigenvalue weighted by molar-refractivity contribution is 0.0577. The Morgan fingerprint density at radius 3 is 2.94 bits per heavy atom. The summed E-state index contributed by atoms with van der Waals surface area (Å²) in [6, 6.07) is 4.94. The molecule has 18 heavy (non-hydrogen) atoms. The molecule has 1 fully saturated rings. The maximum absolute atomic E-state index is 5.83. The average molecular weight is 267 g/mol. The summed E-state index contributed by atoms with van der Waals surface area (Å²) in [5.41, 5.74) is 0.328. The summed E-state index contributed by atoms with van der Waals surface area (Å²) >= 11 is 1.87. The van der Waals surface area contributed by atoms with Crippen molar-refractivity contribution >= 4 is 11.3 Å². The molecule has 1 saturated heterocycles. The third kappa shape index (κ3) is 3.34. The van der Waals surface area contributed by atoms with Crippen LogP contribution in [0.15, 0.2) is 17.5 Å². The zero-order valence-electron chi connectivity index (χ0n) is 11.7. The quantitative estimate of drug-likeness (QED) is 0.852. The van der Waals surface area contributed by atoms with Gasteiger partial charge in [0.05, 0.1) is 6.10 Å². The predicted octanol–water partition coefficient (Wildman–Crippen LogP) is 3.47. The Kier molecular flexibility index (Phi) is 4.82. The molecule has 3 heteroatoms. The zero-order chi connectivity index (χ0) is 13.0. The Morgan fingerprint density at radius 2 is 2.39 bits per heavy atom. The summed E-state index contributed by atoms with van der Waals surface area (Å²) in [4.78, 5) is 1.50. The molecule has 1 aliphatic heterocycles. The highest BCUT2D eigenvalue weighted by molar-refractivity contribution is 7.09. The van der Waals surface area contributed by atoms with Gasteiger partial charge < -0.3 is 10.1 Å². The Bertz CT molecular complexity index is 349. The van der Waals surface area contributed by atoms with Gasteiger partial charge in [0, 0.05) is 29.5 Å². The van der Waals surface area contributed by atoms with Crippen molar-refractivity contribution in [1.82, 2.24) is 5.32 Å². The second-order valence-electron chi connectivity index (χ2n) is 5.74. The Labute approximate surface area is 115 Å². The Balaban J connectivity index is 1.96. The summed E-state index contributed by atoms with van der Waals surface area (Å²) in [6.45, 7) is 8.67. The molecular weight excluding hydrogens is 242 g/mol. The van der Waals surface area contributed by atoms with Gasteiger partial charge in [-0.2, -0.15) is 0 Å². The molecule has 2 atom stereocenters. The molecule has 0 spiro atoms. The molecule has 1 aromatic rings. The third-order valence-electron chi connectivity index (χ3n) is 4.14. The van der Waals surface area contributed by atoms with E-state index in [0.29, 0.717) is 17.6 Å². The fourth-order valence-corrected chi connectivity index (χ4v) is 3.41. The molecular formula is C15H25NOS. The molecule has 102 valence electrons. The lowest BCUT2D eigenvalue weighted by Crippen LogP contribution is -2.42. The second kappa shape index (κ2) is 6.18. The van der Waals surface area contributed by atoms with E-state index in [2.05, 4.69) is 43.6 Å². The highest BCUT2D eigenvalue weighted by Crippen LogP contribution is 2.39. The molecule has 2 nitrogen and oxygen atoms in total. The second-order valence-corrected chi connectivity index (χ2v) is 6.77. The van der Waals surface area contributed by atoms with Gasteiger partial charge in [-0.25, -0.2) is 0 Å². The van der Waals surface area contributed by atoms with E-state index in [4.69, 9.17) is 4.74 Å². The lowest BCUT2D eigenvalue weighted by atomic mass is 9.77. The molecule has 0 radical (unpaired) electrons. The minimum absolute atomic E-state index is 0.328. The Hall–Kier alpha value is -0.380. The first-order valence-electron chi connectivity index (χ1n) is 7.00. The largest absolute Gasteiger partial charge is 0.378 e. The van der Waals surface area contributed by atoms with Crippen LogP contribution >= 0.6 is 11.3 Å². The number of ether oxygens (including phenoxy) is 1. The van der Waals surface area contributed by atoms with E-state index < -0.39 is 0 Å². The number of nitrogens with one attached hydrogen (secondary N) is 1. The van der Waals surface area contributed by atoms with Crippen LogP contribution in [0.25, 0.3) is 0 Å². The molecule has 2 rings (SSSR count). The third-order valence-corrected chi connectivity index (χ3v) is 5.08. The van der Waals surface area contributed by atoms with E-state index in [-0.39, 0.29) is 0 Å². The maximum Gasteiger partial charge on any atom is 0.0616 e. The van der Waals surface area contributed by atoms with Crippen LogP contribution in [0.1, 0.15) is 38.5 Å². The van der Waals surface area contributed by atoms with Gasteiger partial charge in [0.1, 0.15) is 0 Å². The number of thiophene rings is 1. The van der Waals surface area contributed by atoms with Crippen LogP contribution in [0.3, 0.4) is 0 Å². The van der Waals surface area contributed by atoms with Gasteiger partial charge in [0.25, 0.3) is 0 Å². The minimum atomic E-state index is 0.328. The number of hydrogen-bond donors (Lipinski definition) is 1. The van der Waals surface area contributed by atoms with Crippen molar-refractivity contribution in [3.63, 3.8) is 0 Å². The number of rotatable bonds is 6. The normalized spacial score (nSPS) is 28.1. The van der Waals surface area contributed by atoms with Crippen molar-refractivity contribution in [1.29, 1.82) is 0 Å². The first-order chi connectivity index (χ1) is 8.62. The molecule has 1 N–H and O–H groups in total. The van der Waals surface area contributed by atoms with Crippen LogP contribution < -0.4 is 5.32 Å². The van der Waals surface area contributed by atoms with Crippen molar-refractivity contribution < 1.29 is 4.74 Å². The smallest absolute Gasteiger partial charge is 0.0616 e. The fraction of sp³-hybridized carbons (Fsp3) is 0.733. The zero-order valence-corrected chi connectivity index (χ0v) is 12.6. The van der Waals surface area contributed by atoms with Gasteiger partial charge in [-0.3, -0.25) is 0 Å². The summed E-state index contributed by atoms with van der Waals surface area (Å²) in [6.07, 6.45) is 3.99. The monoisotopic (exact) mass is 267 g/mol. The van der Waals surface area contributed by atoms with Crippen LogP contribution in [0.5, 0.6) is 0 Å². The first-order valence-corrected chi connectivity index (χ1v) is 7.88. The standard InChI is InChI=1S/C15H25NOS/c1-12(2)16-11-15(8-9-17-13(15)3)7-6-14-5-4-10-18-14/h4-5,10,12-13,16H,6-9,11H2,1-3H3. The summed E-state index contributed by atoms with van der Waals surface area (Å²) in [7, 11) is 0. The van der Waals surface area contributed by atoms with Crippen LogP contribution in [0.4, 0.5) is 0 Å². The SMILES string of the molecule is CC(C)NCC1(CCc2cccs2)CCOC1C. The molecule has 0 amide bonds. The van der Waals surface area contributed by atoms with E-state index in [1.54, 1.807) is 0 Å². The van der Waals surface area contributed by atoms with Gasteiger partial charge in [-0.15, -0.1) is 11.3 Å². The summed E-state index contributed by atoms with van der Waals surface area (Å²) < 4.78 is 5.83. The summed E-state index contributed by atoms with van der Waals surface area (Å²) in [5, 5.41) is 5.78. The van der Waals surface area contributed by atoms with Gasteiger partial charge in [-0.05, 0) is 37.6 Å². The van der Waals surface area contributed by atoms with E-state index in [0.717, 1.165) is 13.2 Å². The first kappa shape index (κ1) is 14.0. The maximum atomic E-state index is 5.83. The van der Waals surface area contributed by atoms with E-state index in [1.165, 1.54) is 24.1 Å². The predicted molar refractivity (Wildman–Crippen MR) is 78.2 cm³/mol. The molecule has 0 aromatic carbocycles. The highest BCUT2D eigenvalue weighted by atomic mass is 32.1. The van der Waals surface area contributed by atoms with Gasteiger partial charge in [-0.1, -0.05) is 19.9 Å². The molecule has 2 unspecified atom stereocenters. The van der Waals surface area contributed by atoms with E-state index in [1.807, 2.05) is 11.3 Å². The topological polar surface area (TPSA) is 21.3 Å². The molecule has 0 aliphatic carbocycles. The lowest BCUT2D eigenvalue weighted by Gasteiger charge is -2.33. The van der Waals surface area contributed by atoms with Gasteiger partial charge in [0.2, 0.25) is 0 Å². The van der Waals surface area contributed by atoms with Crippen molar-refractivity contribution in [2.45, 2.75) is 52.2 Å². The van der Waals surface area contributed by atoms with E-state index in [9.17, 15) is 0 Å². The average Bonchev–Trinajstić information content (AvgIpc) is 2.95. The van der Waals surface area contributed by atoms with Crippen LogP contribution in [0, 0.1) is 5.41 Å². The Morgan fingerprint density at radius 1 is 1.56 bits per heavy atom. The van der Waals surface area contributed by atoms with Gasteiger partial charge >= 0.3 is 0 Å². The highest BCUT2D eigenvalue weighted by Gasteiger charge is 2.40. The fourth-order valence-electron chi connectivity index (χ4n) is 2.70. The molecule has 2 heterocycles. The van der Waals surface area contributed by atoms with Crippen LogP contribution in [-0.2, 0) is 11.2 Å². The molecule has 1 aromatic heterocycles. The number of aryl methyl sites for hydroxylation is 1. The van der Waals surface area contributed by atoms with Crippen molar-refractivity contribution in [2.24, 2.45) is 5.41 Å².